The molecule has 2 bridgehead atoms. The van der Waals surface area contributed by atoms with Gasteiger partial charge in [0.25, 0.3) is 0 Å². The standard InChI is InChI=1S/C14H26O4Si/c1-9-10-7-11(14(8-15,17-10)12(9)16)18-19(5,6)13(2,3)4/h9-11,15H,7-8H2,1-6H3/t9-,10-,11+,14-/m0/s1. The van der Waals surface area contributed by atoms with Gasteiger partial charge in [0.1, 0.15) is 0 Å². The van der Waals surface area contributed by atoms with E-state index in [4.69, 9.17) is 9.16 Å². The maximum absolute atomic E-state index is 12.3. The first-order valence-corrected chi connectivity index (χ1v) is 9.97. The van der Waals surface area contributed by atoms with Crippen LogP contribution >= 0.6 is 0 Å². The molecule has 0 aromatic carbocycles. The van der Waals surface area contributed by atoms with Crippen molar-refractivity contribution in [3.63, 3.8) is 0 Å². The van der Waals surface area contributed by atoms with Crippen molar-refractivity contribution in [1.29, 1.82) is 0 Å². The highest BCUT2D eigenvalue weighted by molar-refractivity contribution is 6.74. The lowest BCUT2D eigenvalue weighted by Crippen LogP contribution is -2.57. The molecule has 4 nitrogen and oxygen atoms in total. The van der Waals surface area contributed by atoms with Crippen molar-refractivity contribution < 1.29 is 19.1 Å². The van der Waals surface area contributed by atoms with Gasteiger partial charge in [0.15, 0.2) is 19.7 Å². The van der Waals surface area contributed by atoms with Crippen molar-refractivity contribution in [2.45, 2.75) is 70.1 Å². The van der Waals surface area contributed by atoms with Crippen LogP contribution in [0.4, 0.5) is 0 Å². The van der Waals surface area contributed by atoms with Crippen LogP contribution in [0.5, 0.6) is 0 Å². The Morgan fingerprint density at radius 1 is 1.47 bits per heavy atom. The molecule has 4 atom stereocenters. The summed E-state index contributed by atoms with van der Waals surface area (Å²) in [6, 6.07) is 0. The summed E-state index contributed by atoms with van der Waals surface area (Å²) >= 11 is 0. The quantitative estimate of drug-likeness (QED) is 0.807. The average Bonchev–Trinajstić information content (AvgIpc) is 2.74. The number of aliphatic hydroxyl groups excluding tert-OH is 1. The zero-order chi connectivity index (χ0) is 14.6. The first-order chi connectivity index (χ1) is 8.55. The van der Waals surface area contributed by atoms with Gasteiger partial charge in [-0.15, -0.1) is 0 Å². The van der Waals surface area contributed by atoms with Crippen molar-refractivity contribution in [2.75, 3.05) is 6.61 Å². The number of ketones is 1. The van der Waals surface area contributed by atoms with Gasteiger partial charge < -0.3 is 14.3 Å². The Bertz CT molecular complexity index is 387. The maximum Gasteiger partial charge on any atom is 0.192 e. The fraction of sp³-hybridized carbons (Fsp3) is 0.929. The molecular weight excluding hydrogens is 260 g/mol. The molecule has 2 aliphatic heterocycles. The molecular formula is C14H26O4Si. The number of fused-ring (bicyclic) bond motifs is 2. The van der Waals surface area contributed by atoms with Crippen LogP contribution in [0, 0.1) is 5.92 Å². The van der Waals surface area contributed by atoms with Gasteiger partial charge in [-0.2, -0.15) is 0 Å². The summed E-state index contributed by atoms with van der Waals surface area (Å²) < 4.78 is 12.1. The molecule has 0 amide bonds. The van der Waals surface area contributed by atoms with Crippen LogP contribution < -0.4 is 0 Å². The molecule has 2 fully saturated rings. The second-order valence-corrected chi connectivity index (χ2v) is 12.2. The van der Waals surface area contributed by atoms with Crippen LogP contribution in [0.3, 0.4) is 0 Å². The molecule has 110 valence electrons. The van der Waals surface area contributed by atoms with E-state index >= 15 is 0 Å². The molecule has 0 aromatic rings. The predicted molar refractivity (Wildman–Crippen MR) is 75.5 cm³/mol. The summed E-state index contributed by atoms with van der Waals surface area (Å²) in [6.07, 6.45) is 0.349. The zero-order valence-electron chi connectivity index (χ0n) is 12.8. The van der Waals surface area contributed by atoms with Gasteiger partial charge in [-0.25, -0.2) is 0 Å². The molecule has 2 heterocycles. The smallest absolute Gasteiger partial charge is 0.192 e. The van der Waals surface area contributed by atoms with Crippen LogP contribution in [0.25, 0.3) is 0 Å². The molecule has 0 radical (unpaired) electrons. The van der Waals surface area contributed by atoms with E-state index in [9.17, 15) is 9.90 Å². The molecule has 0 aromatic heterocycles. The Balaban J connectivity index is 2.22. The van der Waals surface area contributed by atoms with Gasteiger partial charge in [-0.1, -0.05) is 27.7 Å². The molecule has 2 rings (SSSR count). The van der Waals surface area contributed by atoms with E-state index in [0.717, 1.165) is 6.42 Å². The fourth-order valence-electron chi connectivity index (χ4n) is 2.77. The van der Waals surface area contributed by atoms with Crippen molar-refractivity contribution in [1.82, 2.24) is 0 Å². The SMILES string of the molecule is C[C@@H]1C(=O)[C@@]2(CO)O[C@H]1C[C@H]2O[Si](C)(C)C(C)(C)C. The number of aliphatic hydroxyl groups is 1. The van der Waals surface area contributed by atoms with E-state index in [0.29, 0.717) is 0 Å². The minimum atomic E-state index is -1.97. The maximum atomic E-state index is 12.3. The highest BCUT2D eigenvalue weighted by Gasteiger charge is 2.64. The van der Waals surface area contributed by atoms with Crippen molar-refractivity contribution in [3.05, 3.63) is 0 Å². The summed E-state index contributed by atoms with van der Waals surface area (Å²) in [7, 11) is -1.97. The Kier molecular flexibility index (Phi) is 3.50. The van der Waals surface area contributed by atoms with Crippen molar-refractivity contribution >= 4 is 14.1 Å². The number of hydrogen-bond donors (Lipinski definition) is 1. The molecule has 2 saturated heterocycles. The third kappa shape index (κ3) is 2.11. The molecule has 5 heteroatoms. The van der Waals surface area contributed by atoms with Gasteiger partial charge in [-0.3, -0.25) is 4.79 Å². The molecule has 1 N–H and O–H groups in total. The third-order valence-corrected chi connectivity index (χ3v) is 9.68. The fourth-order valence-corrected chi connectivity index (χ4v) is 4.12. The second kappa shape index (κ2) is 4.38. The Morgan fingerprint density at radius 3 is 2.47 bits per heavy atom. The van der Waals surface area contributed by atoms with Crippen LogP contribution in [0.1, 0.15) is 34.1 Å². The van der Waals surface area contributed by atoms with E-state index in [-0.39, 0.29) is 35.6 Å². The zero-order valence-corrected chi connectivity index (χ0v) is 13.8. The number of rotatable bonds is 3. The van der Waals surface area contributed by atoms with Gasteiger partial charge in [0.2, 0.25) is 0 Å². The van der Waals surface area contributed by atoms with Crippen molar-refractivity contribution in [3.8, 4) is 0 Å². The highest BCUT2D eigenvalue weighted by atomic mass is 28.4. The molecule has 0 spiro atoms. The van der Waals surface area contributed by atoms with E-state index in [2.05, 4.69) is 33.9 Å². The average molecular weight is 286 g/mol. The Labute approximate surface area is 116 Å². The molecule has 0 saturated carbocycles. The largest absolute Gasteiger partial charge is 0.410 e. The van der Waals surface area contributed by atoms with E-state index in [1.165, 1.54) is 0 Å². The number of carbonyl (C=O) groups is 1. The lowest BCUT2D eigenvalue weighted by Gasteiger charge is -2.42. The monoisotopic (exact) mass is 286 g/mol. The Hall–Kier alpha value is -0.233. The van der Waals surface area contributed by atoms with E-state index in [1.54, 1.807) is 0 Å². The van der Waals surface area contributed by atoms with Crippen LogP contribution in [0.2, 0.25) is 18.1 Å². The van der Waals surface area contributed by atoms with Gasteiger partial charge in [0, 0.05) is 12.3 Å². The molecule has 0 unspecified atom stereocenters. The van der Waals surface area contributed by atoms with E-state index in [1.807, 2.05) is 6.92 Å². The number of hydrogen-bond acceptors (Lipinski definition) is 4. The summed E-state index contributed by atoms with van der Waals surface area (Å²) in [5, 5.41) is 9.77. The van der Waals surface area contributed by atoms with Gasteiger partial charge in [-0.05, 0) is 18.1 Å². The first kappa shape index (κ1) is 15.2. The summed E-state index contributed by atoms with van der Waals surface area (Å²) in [6.45, 7) is 12.4. The Morgan fingerprint density at radius 2 is 2.05 bits per heavy atom. The summed E-state index contributed by atoms with van der Waals surface area (Å²) in [4.78, 5) is 12.3. The topological polar surface area (TPSA) is 55.8 Å². The van der Waals surface area contributed by atoms with Crippen LogP contribution in [0.15, 0.2) is 0 Å². The molecule has 2 aliphatic rings. The van der Waals surface area contributed by atoms with Crippen LogP contribution in [-0.4, -0.2) is 43.6 Å². The predicted octanol–water partition coefficient (Wildman–Crippen LogP) is 2.12. The summed E-state index contributed by atoms with van der Waals surface area (Å²) in [5.74, 6) is -0.110. The van der Waals surface area contributed by atoms with Gasteiger partial charge in [0.05, 0.1) is 18.8 Å². The second-order valence-electron chi connectivity index (χ2n) is 7.46. The minimum Gasteiger partial charge on any atom is -0.410 e. The minimum absolute atomic E-state index is 0.00922. The van der Waals surface area contributed by atoms with Crippen molar-refractivity contribution in [2.24, 2.45) is 5.92 Å². The number of Topliss-reactive ketones (excluding diaryl/α,β-unsaturated/α-hetero) is 1. The lowest BCUT2D eigenvalue weighted by atomic mass is 9.79. The molecule has 0 aliphatic carbocycles. The van der Waals surface area contributed by atoms with Crippen LogP contribution in [-0.2, 0) is 14.0 Å². The molecule has 19 heavy (non-hydrogen) atoms. The first-order valence-electron chi connectivity index (χ1n) is 7.06. The number of ether oxygens (including phenoxy) is 1. The normalized spacial score (nSPS) is 39.1. The lowest BCUT2D eigenvalue weighted by molar-refractivity contribution is -0.143. The van der Waals surface area contributed by atoms with Gasteiger partial charge >= 0.3 is 0 Å². The highest BCUT2D eigenvalue weighted by Crippen LogP contribution is 2.48. The third-order valence-electron chi connectivity index (χ3n) is 5.19. The van der Waals surface area contributed by atoms with E-state index < -0.39 is 13.9 Å². The number of carbonyl (C=O) groups excluding carboxylic acids is 1. The summed E-state index contributed by atoms with van der Waals surface area (Å²) in [5.41, 5.74) is -1.10.